The minimum absolute atomic E-state index is 0.0308. The van der Waals surface area contributed by atoms with E-state index in [9.17, 15) is 29.3 Å². The number of fused-ring (bicyclic) bond motifs is 1. The summed E-state index contributed by atoms with van der Waals surface area (Å²) in [6.45, 7) is 1.84. The minimum atomic E-state index is -0.844. The second-order valence-electron chi connectivity index (χ2n) is 7.28. The normalized spacial score (nSPS) is 13.0. The molecule has 32 heavy (non-hydrogen) atoms. The summed E-state index contributed by atoms with van der Waals surface area (Å²) in [5.41, 5.74) is -0.164. The van der Waals surface area contributed by atoms with Crippen LogP contribution in [-0.2, 0) is 0 Å². The van der Waals surface area contributed by atoms with Gasteiger partial charge in [-0.25, -0.2) is 0 Å². The van der Waals surface area contributed by atoms with E-state index in [1.807, 2.05) is 6.92 Å². The highest BCUT2D eigenvalue weighted by molar-refractivity contribution is 6.46. The lowest BCUT2D eigenvalue weighted by molar-refractivity contribution is -0.384. The van der Waals surface area contributed by atoms with Crippen molar-refractivity contribution < 1.29 is 24.1 Å². The number of ketones is 4. The number of carbonyl (C=O) groups excluding carboxylic acids is 4. The molecule has 1 aliphatic rings. The molecule has 0 N–H and O–H groups in total. The summed E-state index contributed by atoms with van der Waals surface area (Å²) in [6.07, 6.45) is 0. The second-order valence-corrected chi connectivity index (χ2v) is 7.28. The monoisotopic (exact) mass is 425 g/mol. The Bertz CT molecular complexity index is 1350. The topological polar surface area (TPSA) is 111 Å². The summed E-state index contributed by atoms with van der Waals surface area (Å²) in [5, 5.41) is 10.9. The van der Waals surface area contributed by atoms with E-state index in [2.05, 4.69) is 0 Å². The number of benzene rings is 3. The van der Waals surface area contributed by atoms with Crippen molar-refractivity contribution in [2.75, 3.05) is 0 Å². The maximum Gasteiger partial charge on any atom is 0.269 e. The first kappa shape index (κ1) is 20.7. The lowest BCUT2D eigenvalue weighted by Crippen LogP contribution is -2.30. The molecule has 0 radical (unpaired) electrons. The van der Waals surface area contributed by atoms with E-state index in [1.165, 1.54) is 36.4 Å². The third-order valence-electron chi connectivity index (χ3n) is 5.23. The van der Waals surface area contributed by atoms with Crippen LogP contribution in [0.4, 0.5) is 5.69 Å². The van der Waals surface area contributed by atoms with E-state index in [0.29, 0.717) is 0 Å². The first-order chi connectivity index (χ1) is 15.3. The number of hydrogen-bond donors (Lipinski definition) is 0. The number of allylic oxidation sites excluding steroid dienone is 2. The van der Waals surface area contributed by atoms with Gasteiger partial charge in [0.1, 0.15) is 0 Å². The van der Waals surface area contributed by atoms with Crippen molar-refractivity contribution in [2.24, 2.45) is 0 Å². The number of non-ortho nitro benzene ring substituents is 1. The Balaban J connectivity index is 1.91. The van der Waals surface area contributed by atoms with Crippen molar-refractivity contribution >= 4 is 28.8 Å². The van der Waals surface area contributed by atoms with E-state index in [0.717, 1.165) is 17.7 Å². The SMILES string of the molecule is Cc1ccc(C(=O)C2=C(C(=O)c3ccc([N+](=O)[O-])cc3)C(=O)c3ccccc3C2=O)cc1. The molecule has 0 fully saturated rings. The highest BCUT2D eigenvalue weighted by Crippen LogP contribution is 2.31. The summed E-state index contributed by atoms with van der Waals surface area (Å²) >= 11 is 0. The van der Waals surface area contributed by atoms with Crippen molar-refractivity contribution in [3.8, 4) is 0 Å². The molecule has 0 spiro atoms. The molecule has 0 atom stereocenters. The lowest BCUT2D eigenvalue weighted by Gasteiger charge is -2.20. The number of hydrogen-bond acceptors (Lipinski definition) is 6. The van der Waals surface area contributed by atoms with Crippen LogP contribution < -0.4 is 0 Å². The molecular formula is C25H15NO6. The van der Waals surface area contributed by atoms with Crippen molar-refractivity contribution in [3.63, 3.8) is 0 Å². The highest BCUT2D eigenvalue weighted by Gasteiger charge is 2.39. The van der Waals surface area contributed by atoms with Crippen LogP contribution in [0.2, 0.25) is 0 Å². The van der Waals surface area contributed by atoms with Gasteiger partial charge in [0, 0.05) is 34.4 Å². The van der Waals surface area contributed by atoms with Crippen molar-refractivity contribution in [1.82, 2.24) is 0 Å². The van der Waals surface area contributed by atoms with Crippen molar-refractivity contribution in [2.45, 2.75) is 6.92 Å². The van der Waals surface area contributed by atoms with Crippen LogP contribution in [0.3, 0.4) is 0 Å². The maximum absolute atomic E-state index is 13.3. The molecule has 0 aliphatic heterocycles. The molecule has 4 rings (SSSR count). The summed E-state index contributed by atoms with van der Waals surface area (Å²) in [7, 11) is 0. The fourth-order valence-corrected chi connectivity index (χ4v) is 3.54. The van der Waals surface area contributed by atoms with E-state index < -0.39 is 39.2 Å². The molecule has 7 nitrogen and oxygen atoms in total. The molecule has 1 aliphatic carbocycles. The number of carbonyl (C=O) groups is 4. The molecule has 3 aromatic carbocycles. The number of Topliss-reactive ketones (excluding diaryl/α,β-unsaturated/α-hetero) is 4. The molecule has 0 saturated heterocycles. The summed E-state index contributed by atoms with van der Waals surface area (Å²) in [5.74, 6) is -3.03. The third-order valence-corrected chi connectivity index (χ3v) is 5.23. The predicted octanol–water partition coefficient (Wildman–Crippen LogP) is 4.34. The lowest BCUT2D eigenvalue weighted by atomic mass is 9.78. The van der Waals surface area contributed by atoms with E-state index >= 15 is 0 Å². The molecule has 0 unspecified atom stereocenters. The largest absolute Gasteiger partial charge is 0.288 e. The number of nitrogens with zero attached hydrogens (tertiary/aromatic N) is 1. The van der Waals surface area contributed by atoms with Gasteiger partial charge in [0.15, 0.2) is 23.1 Å². The smallest absolute Gasteiger partial charge is 0.269 e. The van der Waals surface area contributed by atoms with Gasteiger partial charge in [-0.2, -0.15) is 0 Å². The molecule has 3 aromatic rings. The number of nitro groups is 1. The van der Waals surface area contributed by atoms with E-state index in [-0.39, 0.29) is 27.9 Å². The van der Waals surface area contributed by atoms with Gasteiger partial charge in [-0.1, -0.05) is 54.1 Å². The quantitative estimate of drug-likeness (QED) is 0.260. The van der Waals surface area contributed by atoms with E-state index in [1.54, 1.807) is 24.3 Å². The Morgan fingerprint density at radius 1 is 0.688 bits per heavy atom. The van der Waals surface area contributed by atoms with Crippen molar-refractivity contribution in [3.05, 3.63) is 122 Å². The van der Waals surface area contributed by atoms with Gasteiger partial charge < -0.3 is 0 Å². The third kappa shape index (κ3) is 3.45. The molecular weight excluding hydrogens is 410 g/mol. The summed E-state index contributed by atoms with van der Waals surface area (Å²) in [6, 6.07) is 17.1. The molecule has 0 saturated carbocycles. The number of nitro benzene ring substituents is 1. The standard InChI is InChI=1S/C25H15NO6/c1-14-6-8-15(9-7-14)22(27)20-21(23(28)16-10-12-17(13-11-16)26(31)32)25(30)19-5-3-2-4-18(19)24(20)29/h2-13H,1H3. The van der Waals surface area contributed by atoms with Crippen LogP contribution in [0.5, 0.6) is 0 Å². The van der Waals surface area contributed by atoms with Gasteiger partial charge in [-0.3, -0.25) is 29.3 Å². The van der Waals surface area contributed by atoms with Crippen LogP contribution >= 0.6 is 0 Å². The average molecular weight is 425 g/mol. The summed E-state index contributed by atoms with van der Waals surface area (Å²) in [4.78, 5) is 63.4. The van der Waals surface area contributed by atoms with Gasteiger partial charge in [0.25, 0.3) is 5.69 Å². The second kappa shape index (κ2) is 7.96. The first-order valence-electron chi connectivity index (χ1n) is 9.63. The zero-order valence-corrected chi connectivity index (χ0v) is 16.8. The Kier molecular flexibility index (Phi) is 5.16. The van der Waals surface area contributed by atoms with Crippen LogP contribution in [-0.4, -0.2) is 28.1 Å². The average Bonchev–Trinajstić information content (AvgIpc) is 2.81. The summed E-state index contributed by atoms with van der Waals surface area (Å²) < 4.78 is 0. The predicted molar refractivity (Wildman–Crippen MR) is 115 cm³/mol. The van der Waals surface area contributed by atoms with Gasteiger partial charge in [0.2, 0.25) is 0 Å². The molecule has 0 bridgehead atoms. The zero-order chi connectivity index (χ0) is 23.0. The molecule has 7 heteroatoms. The first-order valence-corrected chi connectivity index (χ1v) is 9.63. The number of rotatable bonds is 5. The molecule has 0 heterocycles. The maximum atomic E-state index is 13.3. The van der Waals surface area contributed by atoms with Crippen LogP contribution in [0, 0.1) is 17.0 Å². The van der Waals surface area contributed by atoms with Crippen molar-refractivity contribution in [1.29, 1.82) is 0 Å². The van der Waals surface area contributed by atoms with Gasteiger partial charge >= 0.3 is 0 Å². The Morgan fingerprint density at radius 2 is 1.09 bits per heavy atom. The van der Waals surface area contributed by atoms with Crippen LogP contribution in [0.25, 0.3) is 0 Å². The Morgan fingerprint density at radius 3 is 1.50 bits per heavy atom. The fraction of sp³-hybridized carbons (Fsp3) is 0.0400. The van der Waals surface area contributed by atoms with Gasteiger partial charge in [0.05, 0.1) is 16.1 Å². The Hall–Kier alpha value is -4.52. The molecule has 0 aromatic heterocycles. The van der Waals surface area contributed by atoms with Gasteiger partial charge in [-0.05, 0) is 19.1 Å². The molecule has 156 valence electrons. The van der Waals surface area contributed by atoms with Gasteiger partial charge in [-0.15, -0.1) is 0 Å². The van der Waals surface area contributed by atoms with E-state index in [4.69, 9.17) is 0 Å². The fourth-order valence-electron chi connectivity index (χ4n) is 3.54. The minimum Gasteiger partial charge on any atom is -0.288 e. The zero-order valence-electron chi connectivity index (χ0n) is 16.8. The highest BCUT2D eigenvalue weighted by atomic mass is 16.6. The van der Waals surface area contributed by atoms with Crippen LogP contribution in [0.15, 0.2) is 83.9 Å². The molecule has 0 amide bonds. The number of aryl methyl sites for hydroxylation is 1. The Labute approximate surface area is 182 Å². The van der Waals surface area contributed by atoms with Crippen LogP contribution in [0.1, 0.15) is 47.0 Å².